The van der Waals surface area contributed by atoms with Crippen LogP contribution in [-0.2, 0) is 11.2 Å². The van der Waals surface area contributed by atoms with Gasteiger partial charge in [-0.05, 0) is 24.1 Å². The number of ether oxygens (including phenoxy) is 1. The molecule has 0 aliphatic heterocycles. The van der Waals surface area contributed by atoms with E-state index in [1.165, 1.54) is 0 Å². The average Bonchev–Trinajstić information content (AvgIpc) is 2.46. The van der Waals surface area contributed by atoms with E-state index in [4.69, 9.17) is 16.2 Å². The molecule has 0 aromatic heterocycles. The molecule has 0 fully saturated rings. The fraction of sp³-hybridized carbons (Fsp3) is 0.188. The van der Waals surface area contributed by atoms with Crippen molar-refractivity contribution in [1.29, 1.82) is 0 Å². The number of carbonyl (C=O) groups excluding carboxylic acids is 1. The van der Waals surface area contributed by atoms with Gasteiger partial charge in [-0.3, -0.25) is 0 Å². The third-order valence-corrected chi connectivity index (χ3v) is 2.95. The lowest BCUT2D eigenvalue weighted by Crippen LogP contribution is -2.30. The first kappa shape index (κ1) is 14.1. The summed E-state index contributed by atoms with van der Waals surface area (Å²) in [5.41, 5.74) is 13.6. The molecule has 0 saturated carbocycles. The van der Waals surface area contributed by atoms with Crippen LogP contribution < -0.4 is 11.5 Å². The van der Waals surface area contributed by atoms with Crippen molar-refractivity contribution in [2.75, 3.05) is 12.3 Å². The quantitative estimate of drug-likeness (QED) is 0.643. The second kappa shape index (κ2) is 6.73. The molecule has 0 unspecified atom stereocenters. The largest absolute Gasteiger partial charge is 0.460 e. The number of hydrogen-bond donors (Lipinski definition) is 2. The van der Waals surface area contributed by atoms with Gasteiger partial charge in [0.15, 0.2) is 0 Å². The van der Waals surface area contributed by atoms with Crippen molar-refractivity contribution >= 4 is 11.7 Å². The van der Waals surface area contributed by atoms with E-state index in [2.05, 4.69) is 0 Å². The minimum Gasteiger partial charge on any atom is -0.460 e. The number of rotatable bonds is 5. The molecule has 2 aromatic rings. The van der Waals surface area contributed by atoms with Gasteiger partial charge in [0.1, 0.15) is 6.61 Å². The Morgan fingerprint density at radius 1 is 1.05 bits per heavy atom. The zero-order valence-electron chi connectivity index (χ0n) is 11.2. The first-order chi connectivity index (χ1) is 9.66. The summed E-state index contributed by atoms with van der Waals surface area (Å²) in [6, 6.07) is 16.5. The fourth-order valence-electron chi connectivity index (χ4n) is 1.92. The summed E-state index contributed by atoms with van der Waals surface area (Å²) in [5.74, 6) is -0.438. The first-order valence-corrected chi connectivity index (χ1v) is 6.48. The maximum atomic E-state index is 11.9. The van der Waals surface area contributed by atoms with E-state index < -0.39 is 5.97 Å². The lowest BCUT2D eigenvalue weighted by molar-refractivity contribution is 0.0482. The zero-order valence-corrected chi connectivity index (χ0v) is 11.2. The third kappa shape index (κ3) is 3.83. The van der Waals surface area contributed by atoms with E-state index in [-0.39, 0.29) is 12.6 Å². The Bertz CT molecular complexity index is 570. The number of anilines is 1. The summed E-state index contributed by atoms with van der Waals surface area (Å²) < 4.78 is 5.20. The van der Waals surface area contributed by atoms with Gasteiger partial charge in [-0.2, -0.15) is 0 Å². The number of para-hydroxylation sites is 1. The molecule has 1 atom stereocenters. The molecule has 0 aliphatic rings. The lowest BCUT2D eigenvalue weighted by Gasteiger charge is -2.13. The zero-order chi connectivity index (χ0) is 14.4. The van der Waals surface area contributed by atoms with Gasteiger partial charge in [0, 0.05) is 11.7 Å². The van der Waals surface area contributed by atoms with Crippen LogP contribution >= 0.6 is 0 Å². The van der Waals surface area contributed by atoms with Gasteiger partial charge >= 0.3 is 5.97 Å². The average molecular weight is 270 g/mol. The third-order valence-electron chi connectivity index (χ3n) is 2.95. The molecule has 2 aromatic carbocycles. The maximum absolute atomic E-state index is 11.9. The molecule has 104 valence electrons. The molecule has 4 N–H and O–H groups in total. The van der Waals surface area contributed by atoms with Gasteiger partial charge in [-0.1, -0.05) is 42.5 Å². The second-order valence-electron chi connectivity index (χ2n) is 4.64. The Kier molecular flexibility index (Phi) is 4.74. The Morgan fingerprint density at radius 2 is 1.70 bits per heavy atom. The van der Waals surface area contributed by atoms with Crippen molar-refractivity contribution in [1.82, 2.24) is 0 Å². The molecular formula is C16H18N2O2. The van der Waals surface area contributed by atoms with Crippen molar-refractivity contribution in [3.8, 4) is 0 Å². The lowest BCUT2D eigenvalue weighted by atomic mass is 10.1. The van der Waals surface area contributed by atoms with Crippen LogP contribution in [0.15, 0.2) is 54.6 Å². The molecule has 4 heteroatoms. The normalized spacial score (nSPS) is 11.8. The van der Waals surface area contributed by atoms with Crippen LogP contribution in [0.5, 0.6) is 0 Å². The van der Waals surface area contributed by atoms with Crippen molar-refractivity contribution in [3.05, 3.63) is 65.7 Å². The molecule has 0 saturated heterocycles. The Morgan fingerprint density at radius 3 is 2.40 bits per heavy atom. The number of carbonyl (C=O) groups is 1. The summed E-state index contributed by atoms with van der Waals surface area (Å²) in [6.45, 7) is 0.169. The van der Waals surface area contributed by atoms with Crippen LogP contribution in [0.3, 0.4) is 0 Å². The van der Waals surface area contributed by atoms with E-state index in [0.29, 0.717) is 17.7 Å². The molecule has 2 rings (SSSR count). The summed E-state index contributed by atoms with van der Waals surface area (Å²) >= 11 is 0. The van der Waals surface area contributed by atoms with E-state index in [1.807, 2.05) is 30.3 Å². The Balaban J connectivity index is 1.86. The van der Waals surface area contributed by atoms with Gasteiger partial charge in [-0.15, -0.1) is 0 Å². The first-order valence-electron chi connectivity index (χ1n) is 6.48. The van der Waals surface area contributed by atoms with Gasteiger partial charge in [0.2, 0.25) is 0 Å². The molecule has 0 heterocycles. The highest BCUT2D eigenvalue weighted by atomic mass is 16.5. The fourth-order valence-corrected chi connectivity index (χ4v) is 1.92. The standard InChI is InChI=1S/C16H18N2O2/c17-13(10-12-6-2-1-3-7-12)11-20-16(19)14-8-4-5-9-15(14)18/h1-9,13H,10-11,17-18H2/t13-/m0/s1. The smallest absolute Gasteiger partial charge is 0.340 e. The Hall–Kier alpha value is -2.33. The second-order valence-corrected chi connectivity index (χ2v) is 4.64. The number of esters is 1. The molecule has 0 spiro atoms. The SMILES string of the molecule is Nc1ccccc1C(=O)OC[C@@H](N)Cc1ccccc1. The molecule has 0 aliphatic carbocycles. The molecule has 0 bridgehead atoms. The number of nitrogen functional groups attached to an aromatic ring is 1. The minimum absolute atomic E-state index is 0.169. The minimum atomic E-state index is -0.438. The predicted molar refractivity (Wildman–Crippen MR) is 79.3 cm³/mol. The molecule has 4 nitrogen and oxygen atoms in total. The van der Waals surface area contributed by atoms with Gasteiger partial charge in [-0.25, -0.2) is 4.79 Å². The van der Waals surface area contributed by atoms with Crippen LogP contribution in [-0.4, -0.2) is 18.6 Å². The summed E-state index contributed by atoms with van der Waals surface area (Å²) in [6.07, 6.45) is 0.665. The Labute approximate surface area is 118 Å². The maximum Gasteiger partial charge on any atom is 0.340 e. The summed E-state index contributed by atoms with van der Waals surface area (Å²) in [5, 5.41) is 0. The van der Waals surface area contributed by atoms with Crippen molar-refractivity contribution < 1.29 is 9.53 Å². The van der Waals surface area contributed by atoms with E-state index >= 15 is 0 Å². The monoisotopic (exact) mass is 270 g/mol. The van der Waals surface area contributed by atoms with Crippen molar-refractivity contribution in [2.45, 2.75) is 12.5 Å². The van der Waals surface area contributed by atoms with E-state index in [1.54, 1.807) is 24.3 Å². The van der Waals surface area contributed by atoms with Crippen LogP contribution in [0.1, 0.15) is 15.9 Å². The van der Waals surface area contributed by atoms with Crippen molar-refractivity contribution in [2.24, 2.45) is 5.73 Å². The highest BCUT2D eigenvalue weighted by Crippen LogP contribution is 2.12. The highest BCUT2D eigenvalue weighted by Gasteiger charge is 2.12. The summed E-state index contributed by atoms with van der Waals surface area (Å²) in [4.78, 5) is 11.9. The molecular weight excluding hydrogens is 252 g/mol. The molecule has 0 radical (unpaired) electrons. The van der Waals surface area contributed by atoms with E-state index in [0.717, 1.165) is 5.56 Å². The van der Waals surface area contributed by atoms with Crippen LogP contribution in [0.25, 0.3) is 0 Å². The summed E-state index contributed by atoms with van der Waals surface area (Å²) in [7, 11) is 0. The number of hydrogen-bond acceptors (Lipinski definition) is 4. The predicted octanol–water partition coefficient (Wildman–Crippen LogP) is 2.00. The van der Waals surface area contributed by atoms with Gasteiger partial charge < -0.3 is 16.2 Å². The van der Waals surface area contributed by atoms with E-state index in [9.17, 15) is 4.79 Å². The van der Waals surface area contributed by atoms with Gasteiger partial charge in [0.05, 0.1) is 5.56 Å². The van der Waals surface area contributed by atoms with Crippen LogP contribution in [0, 0.1) is 0 Å². The number of benzene rings is 2. The van der Waals surface area contributed by atoms with Crippen LogP contribution in [0.4, 0.5) is 5.69 Å². The topological polar surface area (TPSA) is 78.3 Å². The molecule has 0 amide bonds. The van der Waals surface area contributed by atoms with Gasteiger partial charge in [0.25, 0.3) is 0 Å². The molecule has 20 heavy (non-hydrogen) atoms. The van der Waals surface area contributed by atoms with Crippen molar-refractivity contribution in [3.63, 3.8) is 0 Å². The number of nitrogens with two attached hydrogens (primary N) is 2. The van der Waals surface area contributed by atoms with Crippen LogP contribution in [0.2, 0.25) is 0 Å². The highest BCUT2D eigenvalue weighted by molar-refractivity contribution is 5.94.